The number of aromatic nitrogens is 2. The van der Waals surface area contributed by atoms with Crippen molar-refractivity contribution >= 4 is 5.69 Å². The van der Waals surface area contributed by atoms with Crippen LogP contribution in [0.15, 0.2) is 6.20 Å². The summed E-state index contributed by atoms with van der Waals surface area (Å²) in [6.07, 6.45) is -3.16. The number of halogens is 3. The van der Waals surface area contributed by atoms with Crippen molar-refractivity contribution in [2.45, 2.75) is 32.5 Å². The molecule has 1 heterocycles. The molecule has 5 nitrogen and oxygen atoms in total. The molecule has 0 aliphatic carbocycles. The van der Waals surface area contributed by atoms with Gasteiger partial charge in [0.15, 0.2) is 0 Å². The fourth-order valence-corrected chi connectivity index (χ4v) is 1.71. The number of rotatable bonds is 6. The summed E-state index contributed by atoms with van der Waals surface area (Å²) in [5.74, 6) is 0.456. The van der Waals surface area contributed by atoms with Crippen LogP contribution in [0.5, 0.6) is 0 Å². The number of hydrogen-bond acceptors (Lipinski definition) is 5. The van der Waals surface area contributed by atoms with Crippen molar-refractivity contribution in [1.82, 2.24) is 9.97 Å². The quantitative estimate of drug-likeness (QED) is 0.831. The summed E-state index contributed by atoms with van der Waals surface area (Å²) in [5, 5.41) is 18.2. The van der Waals surface area contributed by atoms with Gasteiger partial charge in [0.05, 0.1) is 30.8 Å². The van der Waals surface area contributed by atoms with E-state index in [4.69, 9.17) is 5.11 Å². The molecular weight excluding hydrogens is 275 g/mol. The molecule has 0 fully saturated rings. The highest BCUT2D eigenvalue weighted by Crippen LogP contribution is 2.25. The Morgan fingerprint density at radius 2 is 1.95 bits per heavy atom. The predicted octanol–water partition coefficient (Wildman–Crippen LogP) is 1.45. The predicted molar refractivity (Wildman–Crippen MR) is 67.4 cm³/mol. The summed E-state index contributed by atoms with van der Waals surface area (Å²) in [6, 6.07) is 0. The fraction of sp³-hybridized carbons (Fsp3) is 0.667. The van der Waals surface area contributed by atoms with E-state index < -0.39 is 25.9 Å². The lowest BCUT2D eigenvalue weighted by molar-refractivity contribution is -0.119. The average Bonchev–Trinajstić information content (AvgIpc) is 2.35. The Morgan fingerprint density at radius 1 is 1.30 bits per heavy atom. The maximum Gasteiger partial charge on any atom is 0.405 e. The van der Waals surface area contributed by atoms with Crippen molar-refractivity contribution in [1.29, 1.82) is 0 Å². The monoisotopic (exact) mass is 293 g/mol. The van der Waals surface area contributed by atoms with E-state index in [9.17, 15) is 18.3 Å². The zero-order valence-corrected chi connectivity index (χ0v) is 11.4. The molecule has 114 valence electrons. The number of nitrogens with zero attached hydrogens (tertiary/aromatic N) is 3. The van der Waals surface area contributed by atoms with E-state index in [1.165, 1.54) is 6.20 Å². The van der Waals surface area contributed by atoms with Gasteiger partial charge < -0.3 is 15.1 Å². The first-order valence-electron chi connectivity index (χ1n) is 6.17. The van der Waals surface area contributed by atoms with Gasteiger partial charge in [-0.1, -0.05) is 13.8 Å². The van der Waals surface area contributed by atoms with E-state index in [0.29, 0.717) is 5.82 Å². The van der Waals surface area contributed by atoms with Gasteiger partial charge in [-0.2, -0.15) is 13.2 Å². The van der Waals surface area contributed by atoms with Gasteiger partial charge in [0.2, 0.25) is 0 Å². The highest BCUT2D eigenvalue weighted by molar-refractivity contribution is 5.49. The van der Waals surface area contributed by atoms with Gasteiger partial charge in [0.25, 0.3) is 0 Å². The van der Waals surface area contributed by atoms with Gasteiger partial charge in [-0.3, -0.25) is 0 Å². The molecule has 2 N–H and O–H groups in total. The van der Waals surface area contributed by atoms with Crippen LogP contribution in [0, 0.1) is 0 Å². The zero-order valence-electron chi connectivity index (χ0n) is 11.4. The fourth-order valence-electron chi connectivity index (χ4n) is 1.71. The summed E-state index contributed by atoms with van der Waals surface area (Å²) >= 11 is 0. The van der Waals surface area contributed by atoms with Crippen LogP contribution in [0.4, 0.5) is 18.9 Å². The number of aliphatic hydroxyl groups excluding tert-OH is 2. The molecule has 1 aromatic heterocycles. The van der Waals surface area contributed by atoms with Crippen LogP contribution in [-0.2, 0) is 6.61 Å². The second-order valence-electron chi connectivity index (χ2n) is 4.63. The van der Waals surface area contributed by atoms with Crippen LogP contribution in [0.1, 0.15) is 31.3 Å². The van der Waals surface area contributed by atoms with Crippen LogP contribution >= 0.6 is 0 Å². The Morgan fingerprint density at radius 3 is 2.40 bits per heavy atom. The van der Waals surface area contributed by atoms with Gasteiger partial charge in [0, 0.05) is 12.5 Å². The van der Waals surface area contributed by atoms with Crippen LogP contribution in [0.2, 0.25) is 0 Å². The van der Waals surface area contributed by atoms with E-state index in [1.54, 1.807) is 0 Å². The molecule has 0 unspecified atom stereocenters. The van der Waals surface area contributed by atoms with E-state index in [1.807, 2.05) is 13.8 Å². The van der Waals surface area contributed by atoms with Crippen molar-refractivity contribution in [3.63, 3.8) is 0 Å². The Labute approximate surface area is 115 Å². The largest absolute Gasteiger partial charge is 0.405 e. The molecule has 20 heavy (non-hydrogen) atoms. The van der Waals surface area contributed by atoms with E-state index in [0.717, 1.165) is 4.90 Å². The third kappa shape index (κ3) is 4.61. The van der Waals surface area contributed by atoms with Gasteiger partial charge in [-0.15, -0.1) is 0 Å². The molecular formula is C12H18F3N3O2. The highest BCUT2D eigenvalue weighted by Gasteiger charge is 2.32. The summed E-state index contributed by atoms with van der Waals surface area (Å²) in [4.78, 5) is 8.99. The first-order valence-corrected chi connectivity index (χ1v) is 6.17. The highest BCUT2D eigenvalue weighted by atomic mass is 19.4. The van der Waals surface area contributed by atoms with Gasteiger partial charge in [-0.05, 0) is 0 Å². The molecule has 0 atom stereocenters. The first kappa shape index (κ1) is 16.6. The van der Waals surface area contributed by atoms with Crippen molar-refractivity contribution in [3.8, 4) is 0 Å². The lowest BCUT2D eigenvalue weighted by Crippen LogP contribution is -2.37. The van der Waals surface area contributed by atoms with Crippen molar-refractivity contribution in [3.05, 3.63) is 17.7 Å². The number of aliphatic hydroxyl groups is 2. The summed E-state index contributed by atoms with van der Waals surface area (Å²) in [6.45, 7) is 1.32. The smallest absolute Gasteiger partial charge is 0.395 e. The van der Waals surface area contributed by atoms with E-state index in [2.05, 4.69) is 9.97 Å². The average molecular weight is 293 g/mol. The van der Waals surface area contributed by atoms with Gasteiger partial charge in [-0.25, -0.2) is 9.97 Å². The molecule has 1 rings (SSSR count). The number of alkyl halides is 3. The molecule has 0 bridgehead atoms. The summed E-state index contributed by atoms with van der Waals surface area (Å²) < 4.78 is 37.6. The van der Waals surface area contributed by atoms with Crippen LogP contribution < -0.4 is 4.90 Å². The minimum atomic E-state index is -4.42. The molecule has 1 aromatic rings. The maximum absolute atomic E-state index is 12.5. The molecule has 0 aliphatic rings. The maximum atomic E-state index is 12.5. The minimum absolute atomic E-state index is 0.00302. The molecule has 0 saturated heterocycles. The lowest BCUT2D eigenvalue weighted by Gasteiger charge is -2.26. The van der Waals surface area contributed by atoms with Gasteiger partial charge >= 0.3 is 6.18 Å². The Kier molecular flexibility index (Phi) is 5.70. The molecule has 0 aliphatic heterocycles. The van der Waals surface area contributed by atoms with Crippen LogP contribution in [-0.4, -0.2) is 46.1 Å². The number of hydrogen-bond donors (Lipinski definition) is 2. The van der Waals surface area contributed by atoms with Crippen molar-refractivity contribution < 1.29 is 23.4 Å². The topological polar surface area (TPSA) is 69.5 Å². The lowest BCUT2D eigenvalue weighted by atomic mass is 10.2. The minimum Gasteiger partial charge on any atom is -0.395 e. The van der Waals surface area contributed by atoms with Gasteiger partial charge in [0.1, 0.15) is 12.4 Å². The van der Waals surface area contributed by atoms with Crippen molar-refractivity contribution in [2.24, 2.45) is 0 Å². The standard InChI is InChI=1S/C12H18F3N3O2/c1-8(2)11-16-5-10(9(6-20)17-11)18(3-4-19)7-12(13,14)15/h5,8,19-20H,3-4,6-7H2,1-2H3. The molecule has 0 spiro atoms. The van der Waals surface area contributed by atoms with Crippen molar-refractivity contribution in [2.75, 3.05) is 24.6 Å². The second-order valence-corrected chi connectivity index (χ2v) is 4.63. The SMILES string of the molecule is CC(C)c1ncc(N(CCO)CC(F)(F)F)c(CO)n1. The zero-order chi connectivity index (χ0) is 15.3. The molecule has 0 amide bonds. The third-order valence-electron chi connectivity index (χ3n) is 2.61. The summed E-state index contributed by atoms with van der Waals surface area (Å²) in [5.41, 5.74) is 0.213. The Hall–Kier alpha value is -1.41. The number of anilines is 1. The normalized spacial score (nSPS) is 12.0. The van der Waals surface area contributed by atoms with E-state index >= 15 is 0 Å². The Bertz CT molecular complexity index is 438. The first-order chi connectivity index (χ1) is 9.28. The van der Waals surface area contributed by atoms with E-state index in [-0.39, 0.29) is 23.8 Å². The van der Waals surface area contributed by atoms with Crippen LogP contribution in [0.25, 0.3) is 0 Å². The molecule has 0 radical (unpaired) electrons. The Balaban J connectivity index is 3.12. The molecule has 8 heteroatoms. The molecule has 0 aromatic carbocycles. The molecule has 0 saturated carbocycles. The summed E-state index contributed by atoms with van der Waals surface area (Å²) in [7, 11) is 0. The third-order valence-corrected chi connectivity index (χ3v) is 2.61. The second kappa shape index (κ2) is 6.85. The van der Waals surface area contributed by atoms with Crippen LogP contribution in [0.3, 0.4) is 0 Å².